The van der Waals surface area contributed by atoms with Crippen molar-refractivity contribution in [3.8, 4) is 0 Å². The van der Waals surface area contributed by atoms with Crippen LogP contribution >= 0.6 is 11.3 Å². The second kappa shape index (κ2) is 6.22. The van der Waals surface area contributed by atoms with Gasteiger partial charge in [0.2, 0.25) is 0 Å². The van der Waals surface area contributed by atoms with Crippen LogP contribution in [-0.2, 0) is 0 Å². The zero-order chi connectivity index (χ0) is 14.8. The van der Waals surface area contributed by atoms with Crippen LogP contribution in [0.2, 0.25) is 0 Å². The van der Waals surface area contributed by atoms with E-state index >= 15 is 0 Å². The zero-order valence-electron chi connectivity index (χ0n) is 12.7. The number of nitrogens with zero attached hydrogens (tertiary/aromatic N) is 3. The molecule has 1 unspecified atom stereocenters. The number of carbonyl (C=O) groups is 1. The largest absolute Gasteiger partial charge is 0.382 e. The van der Waals surface area contributed by atoms with Gasteiger partial charge in [0, 0.05) is 26.2 Å². The molecule has 3 heterocycles. The van der Waals surface area contributed by atoms with Crippen molar-refractivity contribution in [2.45, 2.75) is 39.0 Å². The van der Waals surface area contributed by atoms with Crippen molar-refractivity contribution >= 4 is 28.2 Å². The molecule has 0 aromatic carbocycles. The van der Waals surface area contributed by atoms with Crippen LogP contribution in [-0.4, -0.2) is 42.0 Å². The van der Waals surface area contributed by atoms with Gasteiger partial charge in [0.25, 0.3) is 5.91 Å². The molecule has 2 aliphatic heterocycles. The number of rotatable bonds is 4. The normalized spacial score (nSPS) is 22.2. The molecule has 0 spiro atoms. The number of carbonyl (C=O) groups excluding carboxylic acids is 1. The Kier molecular flexibility index (Phi) is 4.33. The van der Waals surface area contributed by atoms with E-state index in [0.29, 0.717) is 16.6 Å². The Morgan fingerprint density at radius 3 is 2.86 bits per heavy atom. The Morgan fingerprint density at radius 2 is 2.14 bits per heavy atom. The Bertz CT molecular complexity index is 510. The smallest absolute Gasteiger partial charge is 0.267 e. The van der Waals surface area contributed by atoms with Crippen LogP contribution in [0.15, 0.2) is 0 Å². The molecule has 116 valence electrons. The Labute approximate surface area is 130 Å². The monoisotopic (exact) mass is 308 g/mol. The third-order valence-electron chi connectivity index (χ3n) is 4.48. The Hall–Kier alpha value is -1.30. The summed E-state index contributed by atoms with van der Waals surface area (Å²) in [6, 6.07) is 0. The molecular formula is C15H24N4OS. The minimum absolute atomic E-state index is 0.0778. The predicted octanol–water partition coefficient (Wildman–Crippen LogP) is 2.59. The number of hydrogen-bond acceptors (Lipinski definition) is 5. The number of anilines is 2. The number of nitrogen functional groups attached to an aromatic ring is 1. The van der Waals surface area contributed by atoms with Crippen LogP contribution in [0.3, 0.4) is 0 Å². The first-order valence-electron chi connectivity index (χ1n) is 7.99. The average Bonchev–Trinajstić information content (AvgIpc) is 3.17. The fraction of sp³-hybridized carbons (Fsp3) is 0.733. The lowest BCUT2D eigenvalue weighted by molar-refractivity contribution is 0.0792. The van der Waals surface area contributed by atoms with Gasteiger partial charge in [-0.25, -0.2) is 4.98 Å². The van der Waals surface area contributed by atoms with E-state index in [1.807, 2.05) is 4.90 Å². The fourth-order valence-corrected chi connectivity index (χ4v) is 4.33. The maximum absolute atomic E-state index is 12.6. The van der Waals surface area contributed by atoms with Crippen LogP contribution in [0.1, 0.15) is 48.7 Å². The lowest BCUT2D eigenvalue weighted by atomic mass is 10.0. The number of thiazole rings is 1. The maximum atomic E-state index is 12.6. The molecule has 2 saturated heterocycles. The van der Waals surface area contributed by atoms with Crippen molar-refractivity contribution < 1.29 is 4.79 Å². The molecule has 5 nitrogen and oxygen atoms in total. The van der Waals surface area contributed by atoms with Gasteiger partial charge in [-0.05, 0) is 31.6 Å². The van der Waals surface area contributed by atoms with Gasteiger partial charge in [-0.15, -0.1) is 0 Å². The summed E-state index contributed by atoms with van der Waals surface area (Å²) in [5.41, 5.74) is 6.00. The zero-order valence-corrected chi connectivity index (χ0v) is 13.5. The molecule has 0 bridgehead atoms. The number of amides is 1. The van der Waals surface area contributed by atoms with E-state index in [1.54, 1.807) is 0 Å². The summed E-state index contributed by atoms with van der Waals surface area (Å²) < 4.78 is 0. The van der Waals surface area contributed by atoms with E-state index in [-0.39, 0.29) is 5.91 Å². The van der Waals surface area contributed by atoms with Gasteiger partial charge >= 0.3 is 0 Å². The van der Waals surface area contributed by atoms with Gasteiger partial charge in [-0.1, -0.05) is 24.7 Å². The first-order chi connectivity index (χ1) is 10.2. The molecule has 3 rings (SSSR count). The average molecular weight is 308 g/mol. The minimum atomic E-state index is 0.0778. The molecule has 2 N–H and O–H groups in total. The highest BCUT2D eigenvalue weighted by atomic mass is 32.1. The van der Waals surface area contributed by atoms with Crippen LogP contribution in [0.25, 0.3) is 0 Å². The molecule has 2 fully saturated rings. The van der Waals surface area contributed by atoms with E-state index in [9.17, 15) is 4.79 Å². The highest BCUT2D eigenvalue weighted by molar-refractivity contribution is 7.18. The van der Waals surface area contributed by atoms with Crippen molar-refractivity contribution in [1.82, 2.24) is 9.88 Å². The summed E-state index contributed by atoms with van der Waals surface area (Å²) in [5, 5.41) is 0.914. The SMILES string of the molecule is CCCC1CCN(C(=O)c2sc(N3CCCC3)nc2N)C1. The lowest BCUT2D eigenvalue weighted by Gasteiger charge is -2.15. The predicted molar refractivity (Wildman–Crippen MR) is 86.9 cm³/mol. The summed E-state index contributed by atoms with van der Waals surface area (Å²) in [7, 11) is 0. The summed E-state index contributed by atoms with van der Waals surface area (Å²) >= 11 is 1.46. The first-order valence-corrected chi connectivity index (χ1v) is 8.81. The minimum Gasteiger partial charge on any atom is -0.382 e. The van der Waals surface area contributed by atoms with Crippen molar-refractivity contribution in [2.75, 3.05) is 36.8 Å². The summed E-state index contributed by atoms with van der Waals surface area (Å²) in [4.78, 5) is 21.9. The molecule has 0 saturated carbocycles. The van der Waals surface area contributed by atoms with Gasteiger partial charge in [-0.2, -0.15) is 0 Å². The number of nitrogens with two attached hydrogens (primary N) is 1. The molecule has 2 aliphatic rings. The van der Waals surface area contributed by atoms with Crippen molar-refractivity contribution in [3.63, 3.8) is 0 Å². The second-order valence-corrected chi connectivity index (χ2v) is 7.08. The molecule has 21 heavy (non-hydrogen) atoms. The van der Waals surface area contributed by atoms with E-state index in [2.05, 4.69) is 16.8 Å². The van der Waals surface area contributed by atoms with Gasteiger partial charge in [0.15, 0.2) is 5.13 Å². The third kappa shape index (κ3) is 3.00. The highest BCUT2D eigenvalue weighted by Crippen LogP contribution is 2.32. The van der Waals surface area contributed by atoms with Crippen LogP contribution in [0.4, 0.5) is 10.9 Å². The topological polar surface area (TPSA) is 62.5 Å². The van der Waals surface area contributed by atoms with Crippen molar-refractivity contribution in [3.05, 3.63) is 4.88 Å². The Balaban J connectivity index is 1.70. The molecule has 1 atom stereocenters. The molecular weight excluding hydrogens is 284 g/mol. The molecule has 0 radical (unpaired) electrons. The summed E-state index contributed by atoms with van der Waals surface area (Å²) in [6.07, 6.45) is 5.92. The van der Waals surface area contributed by atoms with Crippen LogP contribution in [0, 0.1) is 5.92 Å². The maximum Gasteiger partial charge on any atom is 0.267 e. The van der Waals surface area contributed by atoms with Gasteiger partial charge in [0.05, 0.1) is 0 Å². The first kappa shape index (κ1) is 14.6. The molecule has 1 aromatic heterocycles. The number of likely N-dealkylation sites (tertiary alicyclic amines) is 1. The second-order valence-electron chi connectivity index (χ2n) is 6.10. The lowest BCUT2D eigenvalue weighted by Crippen LogP contribution is -2.28. The third-order valence-corrected chi connectivity index (χ3v) is 5.60. The molecule has 1 amide bonds. The number of hydrogen-bond donors (Lipinski definition) is 1. The van der Waals surface area contributed by atoms with Crippen molar-refractivity contribution in [2.24, 2.45) is 5.92 Å². The standard InChI is InChI=1S/C15H24N4OS/c1-2-5-11-6-9-19(10-11)14(20)12-13(16)17-15(21-12)18-7-3-4-8-18/h11H,2-10,16H2,1H3. The molecule has 0 aliphatic carbocycles. The van der Waals surface area contributed by atoms with Crippen LogP contribution < -0.4 is 10.6 Å². The van der Waals surface area contributed by atoms with Gasteiger partial charge in [-0.3, -0.25) is 4.79 Å². The van der Waals surface area contributed by atoms with E-state index in [4.69, 9.17) is 5.73 Å². The highest BCUT2D eigenvalue weighted by Gasteiger charge is 2.30. The van der Waals surface area contributed by atoms with E-state index < -0.39 is 0 Å². The summed E-state index contributed by atoms with van der Waals surface area (Å²) in [6.45, 7) is 6.00. The van der Waals surface area contributed by atoms with E-state index in [1.165, 1.54) is 37.0 Å². The quantitative estimate of drug-likeness (QED) is 0.928. The van der Waals surface area contributed by atoms with Crippen molar-refractivity contribution in [1.29, 1.82) is 0 Å². The van der Waals surface area contributed by atoms with Gasteiger partial charge in [0.1, 0.15) is 10.7 Å². The molecule has 6 heteroatoms. The summed E-state index contributed by atoms with van der Waals surface area (Å²) in [5.74, 6) is 1.14. The van der Waals surface area contributed by atoms with Crippen LogP contribution in [0.5, 0.6) is 0 Å². The molecule has 1 aromatic rings. The van der Waals surface area contributed by atoms with Gasteiger partial charge < -0.3 is 15.5 Å². The number of aromatic nitrogens is 1. The fourth-order valence-electron chi connectivity index (χ4n) is 3.32. The Morgan fingerprint density at radius 1 is 1.38 bits per heavy atom. The van der Waals surface area contributed by atoms with E-state index in [0.717, 1.165) is 37.7 Å².